The van der Waals surface area contributed by atoms with Gasteiger partial charge in [0, 0.05) is 30.3 Å². The van der Waals surface area contributed by atoms with Gasteiger partial charge < -0.3 is 15.0 Å². The Labute approximate surface area is 191 Å². The number of unbranched alkanes of at least 4 members (excludes halogenated alkanes) is 2. The lowest BCUT2D eigenvalue weighted by molar-refractivity contribution is -0.385. The second-order valence-electron chi connectivity index (χ2n) is 8.04. The number of nitrogens with one attached hydrogen (secondary N) is 1. The van der Waals surface area contributed by atoms with E-state index in [0.717, 1.165) is 19.3 Å². The molecule has 2 aromatic rings. The number of ether oxygens (including phenoxy) is 1. The third-order valence-corrected chi connectivity index (χ3v) is 5.57. The summed E-state index contributed by atoms with van der Waals surface area (Å²) in [5.41, 5.74) is 1.72. The zero-order chi connectivity index (χ0) is 24.0. The molecule has 174 valence electrons. The van der Waals surface area contributed by atoms with Crippen molar-refractivity contribution in [1.29, 1.82) is 0 Å². The van der Waals surface area contributed by atoms with Crippen molar-refractivity contribution in [3.05, 3.63) is 63.7 Å². The molecular weight excluding hydrogens is 426 g/mol. The number of amides is 2. The second-order valence-corrected chi connectivity index (χ2v) is 8.04. The van der Waals surface area contributed by atoms with Crippen LogP contribution in [0.1, 0.15) is 48.5 Å². The Balaban J connectivity index is 1.59. The van der Waals surface area contributed by atoms with Crippen molar-refractivity contribution < 1.29 is 24.0 Å². The predicted octanol–water partition coefficient (Wildman–Crippen LogP) is 4.24. The van der Waals surface area contributed by atoms with Crippen LogP contribution in [0, 0.1) is 23.0 Å². The minimum Gasteiger partial charge on any atom is -0.462 e. The fraction of sp³-hybridized carbons (Fsp3) is 0.375. The highest BCUT2D eigenvalue weighted by Gasteiger charge is 2.35. The molecule has 0 radical (unpaired) electrons. The van der Waals surface area contributed by atoms with Gasteiger partial charge in [-0.15, -0.1) is 0 Å². The van der Waals surface area contributed by atoms with E-state index in [-0.39, 0.29) is 30.5 Å². The van der Waals surface area contributed by atoms with Crippen LogP contribution in [0.3, 0.4) is 0 Å². The van der Waals surface area contributed by atoms with Gasteiger partial charge in [0.25, 0.3) is 5.69 Å². The number of nitrogens with zero attached hydrogens (tertiary/aromatic N) is 2. The Morgan fingerprint density at radius 1 is 1.18 bits per heavy atom. The molecule has 1 N–H and O–H groups in total. The first kappa shape index (κ1) is 23.9. The molecule has 33 heavy (non-hydrogen) atoms. The van der Waals surface area contributed by atoms with E-state index in [1.165, 1.54) is 11.0 Å². The van der Waals surface area contributed by atoms with Gasteiger partial charge >= 0.3 is 5.97 Å². The molecular formula is C24H27N3O6. The maximum atomic E-state index is 12.7. The van der Waals surface area contributed by atoms with Crippen LogP contribution in [0.25, 0.3) is 0 Å². The van der Waals surface area contributed by atoms with Gasteiger partial charge in [-0.1, -0.05) is 25.8 Å². The molecule has 2 aromatic carbocycles. The summed E-state index contributed by atoms with van der Waals surface area (Å²) in [6.07, 6.45) is 2.88. The van der Waals surface area contributed by atoms with Crippen LogP contribution in [-0.4, -0.2) is 35.9 Å². The number of esters is 1. The van der Waals surface area contributed by atoms with Gasteiger partial charge in [0.2, 0.25) is 11.8 Å². The third kappa shape index (κ3) is 5.94. The number of nitro groups is 1. The molecule has 1 fully saturated rings. The fourth-order valence-corrected chi connectivity index (χ4v) is 3.63. The van der Waals surface area contributed by atoms with Crippen molar-refractivity contribution in [2.75, 3.05) is 23.4 Å². The van der Waals surface area contributed by atoms with Crippen molar-refractivity contribution in [2.45, 2.75) is 39.5 Å². The number of hydrogen-bond donors (Lipinski definition) is 1. The largest absolute Gasteiger partial charge is 0.462 e. The Bertz CT molecular complexity index is 1050. The topological polar surface area (TPSA) is 119 Å². The molecule has 0 aromatic heterocycles. The summed E-state index contributed by atoms with van der Waals surface area (Å²) >= 11 is 0. The summed E-state index contributed by atoms with van der Waals surface area (Å²) in [6.45, 7) is 4.21. The van der Waals surface area contributed by atoms with Crippen LogP contribution in [0.15, 0.2) is 42.5 Å². The normalized spacial score (nSPS) is 15.4. The number of carbonyl (C=O) groups is 3. The fourth-order valence-electron chi connectivity index (χ4n) is 3.63. The standard InChI is InChI=1S/C24H27N3O6/c1-3-4-5-12-33-24(30)17-7-9-19(10-8-17)25-23(29)18-13-22(28)26(15-18)20-11-6-16(2)21(14-20)27(31)32/h6-11,14,18H,3-5,12-13,15H2,1-2H3,(H,25,29)/t18-/m0/s1. The molecule has 0 aliphatic carbocycles. The number of anilines is 2. The quantitative estimate of drug-likeness (QED) is 0.262. The molecule has 0 unspecified atom stereocenters. The van der Waals surface area contributed by atoms with E-state index in [2.05, 4.69) is 12.2 Å². The van der Waals surface area contributed by atoms with Crippen molar-refractivity contribution >= 4 is 34.8 Å². The van der Waals surface area contributed by atoms with Crippen LogP contribution < -0.4 is 10.2 Å². The van der Waals surface area contributed by atoms with Gasteiger partial charge in [-0.05, 0) is 43.7 Å². The third-order valence-electron chi connectivity index (χ3n) is 5.57. The molecule has 1 heterocycles. The molecule has 1 saturated heterocycles. The highest BCUT2D eigenvalue weighted by Crippen LogP contribution is 2.30. The molecule has 1 aliphatic heterocycles. The number of rotatable bonds is 9. The first-order valence-electron chi connectivity index (χ1n) is 10.9. The van der Waals surface area contributed by atoms with E-state index in [9.17, 15) is 24.5 Å². The molecule has 0 saturated carbocycles. The van der Waals surface area contributed by atoms with Gasteiger partial charge in [0.1, 0.15) is 0 Å². The first-order chi connectivity index (χ1) is 15.8. The van der Waals surface area contributed by atoms with Gasteiger partial charge in [-0.2, -0.15) is 0 Å². The van der Waals surface area contributed by atoms with E-state index in [0.29, 0.717) is 29.1 Å². The van der Waals surface area contributed by atoms with Crippen LogP contribution in [0.2, 0.25) is 0 Å². The monoisotopic (exact) mass is 453 g/mol. The number of hydrogen-bond acceptors (Lipinski definition) is 6. The van der Waals surface area contributed by atoms with Gasteiger partial charge in [-0.25, -0.2) is 4.79 Å². The number of carbonyl (C=O) groups excluding carboxylic acids is 3. The zero-order valence-corrected chi connectivity index (χ0v) is 18.7. The minimum absolute atomic E-state index is 0.00960. The number of nitro benzene ring substituents is 1. The maximum Gasteiger partial charge on any atom is 0.338 e. The lowest BCUT2D eigenvalue weighted by atomic mass is 10.1. The lowest BCUT2D eigenvalue weighted by Crippen LogP contribution is -2.28. The minimum atomic E-state index is -0.596. The van der Waals surface area contributed by atoms with Crippen molar-refractivity contribution in [1.82, 2.24) is 0 Å². The summed E-state index contributed by atoms with van der Waals surface area (Å²) in [4.78, 5) is 49.3. The van der Waals surface area contributed by atoms with Crippen LogP contribution in [0.4, 0.5) is 17.1 Å². The van der Waals surface area contributed by atoms with Crippen molar-refractivity contribution in [3.63, 3.8) is 0 Å². The summed E-state index contributed by atoms with van der Waals surface area (Å²) in [7, 11) is 0. The van der Waals surface area contributed by atoms with E-state index >= 15 is 0 Å². The van der Waals surface area contributed by atoms with Crippen LogP contribution in [0.5, 0.6) is 0 Å². The molecule has 0 bridgehead atoms. The van der Waals surface area contributed by atoms with E-state index < -0.39 is 16.8 Å². The van der Waals surface area contributed by atoms with Crippen molar-refractivity contribution in [3.8, 4) is 0 Å². The predicted molar refractivity (Wildman–Crippen MR) is 123 cm³/mol. The highest BCUT2D eigenvalue weighted by atomic mass is 16.6. The summed E-state index contributed by atoms with van der Waals surface area (Å²) < 4.78 is 5.22. The van der Waals surface area contributed by atoms with Crippen LogP contribution in [-0.2, 0) is 14.3 Å². The Morgan fingerprint density at radius 3 is 2.58 bits per heavy atom. The van der Waals surface area contributed by atoms with E-state index in [1.807, 2.05) is 0 Å². The number of benzene rings is 2. The first-order valence-corrected chi connectivity index (χ1v) is 10.9. The van der Waals surface area contributed by atoms with Gasteiger partial charge in [-0.3, -0.25) is 19.7 Å². The Kier molecular flexibility index (Phi) is 7.76. The molecule has 9 nitrogen and oxygen atoms in total. The van der Waals surface area contributed by atoms with Crippen molar-refractivity contribution in [2.24, 2.45) is 5.92 Å². The van der Waals surface area contributed by atoms with E-state index in [4.69, 9.17) is 4.74 Å². The van der Waals surface area contributed by atoms with Gasteiger partial charge in [0.05, 0.1) is 28.7 Å². The summed E-state index contributed by atoms with van der Waals surface area (Å²) in [5.74, 6) is -1.61. The number of aryl methyl sites for hydroxylation is 1. The Hall–Kier alpha value is -3.75. The summed E-state index contributed by atoms with van der Waals surface area (Å²) in [5, 5.41) is 14.0. The molecule has 1 atom stereocenters. The zero-order valence-electron chi connectivity index (χ0n) is 18.7. The second kappa shape index (κ2) is 10.7. The highest BCUT2D eigenvalue weighted by molar-refractivity contribution is 6.03. The molecule has 1 aliphatic rings. The maximum absolute atomic E-state index is 12.7. The smallest absolute Gasteiger partial charge is 0.338 e. The van der Waals surface area contributed by atoms with E-state index in [1.54, 1.807) is 43.3 Å². The molecule has 0 spiro atoms. The SMILES string of the molecule is CCCCCOC(=O)c1ccc(NC(=O)[C@H]2CC(=O)N(c3ccc(C)c([N+](=O)[O-])c3)C2)cc1. The lowest BCUT2D eigenvalue weighted by Gasteiger charge is -2.17. The average Bonchev–Trinajstić information content (AvgIpc) is 3.19. The summed E-state index contributed by atoms with van der Waals surface area (Å²) in [6, 6.07) is 11.0. The molecule has 2 amide bonds. The van der Waals surface area contributed by atoms with Crippen LogP contribution >= 0.6 is 0 Å². The average molecular weight is 453 g/mol. The molecule has 9 heteroatoms. The Morgan fingerprint density at radius 2 is 1.91 bits per heavy atom. The molecule has 3 rings (SSSR count). The van der Waals surface area contributed by atoms with Gasteiger partial charge in [0.15, 0.2) is 0 Å².